The van der Waals surface area contributed by atoms with Crippen LogP contribution in [0.5, 0.6) is 0 Å². The van der Waals surface area contributed by atoms with Crippen molar-refractivity contribution in [2.24, 2.45) is 0 Å². The van der Waals surface area contributed by atoms with Gasteiger partial charge in [0.1, 0.15) is 22.8 Å². The quantitative estimate of drug-likeness (QED) is 0.685. The predicted molar refractivity (Wildman–Crippen MR) is 89.2 cm³/mol. The van der Waals surface area contributed by atoms with E-state index in [-0.39, 0.29) is 12.2 Å². The van der Waals surface area contributed by atoms with E-state index in [0.29, 0.717) is 11.3 Å². The molecule has 1 unspecified atom stereocenters. The maximum atomic E-state index is 13.5. The molecule has 2 aromatic carbocycles. The van der Waals surface area contributed by atoms with Crippen LogP contribution >= 0.6 is 0 Å². The Hall–Kier alpha value is -2.86. The summed E-state index contributed by atoms with van der Waals surface area (Å²) in [6.07, 6.45) is 0. The molecule has 3 rings (SSSR count). The summed E-state index contributed by atoms with van der Waals surface area (Å²) < 4.78 is 19.1. The molecule has 2 amide bonds. The third-order valence-corrected chi connectivity index (χ3v) is 3.67. The minimum absolute atomic E-state index is 0.0679. The fourth-order valence-electron chi connectivity index (χ4n) is 2.32. The highest BCUT2D eigenvalue weighted by Crippen LogP contribution is 2.27. The molecular weight excluding hydrogens is 311 g/mol. The van der Waals surface area contributed by atoms with Gasteiger partial charge in [-0.15, -0.1) is 0 Å². The minimum Gasteiger partial charge on any atom is -0.458 e. The van der Waals surface area contributed by atoms with Gasteiger partial charge in [0.05, 0.1) is 12.2 Å². The van der Waals surface area contributed by atoms with Crippen molar-refractivity contribution in [3.8, 4) is 0 Å². The Balaban J connectivity index is 1.66. The van der Waals surface area contributed by atoms with Gasteiger partial charge in [-0.05, 0) is 31.2 Å². The maximum absolute atomic E-state index is 13.5. The molecule has 0 fully saturated rings. The van der Waals surface area contributed by atoms with E-state index in [4.69, 9.17) is 4.42 Å². The first-order chi connectivity index (χ1) is 11.5. The van der Waals surface area contributed by atoms with Crippen molar-refractivity contribution in [1.29, 1.82) is 0 Å². The van der Waals surface area contributed by atoms with Crippen LogP contribution in [0.3, 0.4) is 0 Å². The molecule has 0 saturated heterocycles. The molecule has 0 aliphatic rings. The number of carbonyl (C=O) groups is 1. The summed E-state index contributed by atoms with van der Waals surface area (Å²) >= 11 is 0. The van der Waals surface area contributed by atoms with Crippen LogP contribution in [0.4, 0.5) is 14.9 Å². The molecule has 1 aromatic heterocycles. The topological polar surface area (TPSA) is 74.5 Å². The van der Waals surface area contributed by atoms with E-state index in [9.17, 15) is 14.3 Å². The summed E-state index contributed by atoms with van der Waals surface area (Å²) in [6, 6.07) is 14.3. The summed E-state index contributed by atoms with van der Waals surface area (Å²) in [7, 11) is 0. The number of hydrogen-bond donors (Lipinski definition) is 3. The number of benzene rings is 2. The molecule has 0 aliphatic heterocycles. The number of aliphatic hydroxyl groups is 1. The Morgan fingerprint density at radius 3 is 2.67 bits per heavy atom. The molecule has 24 heavy (non-hydrogen) atoms. The first-order valence-corrected chi connectivity index (χ1v) is 7.46. The number of carbonyl (C=O) groups excluding carboxylic acids is 1. The number of anilines is 1. The molecule has 5 nitrogen and oxygen atoms in total. The smallest absolute Gasteiger partial charge is 0.319 e. The molecule has 0 bridgehead atoms. The van der Waals surface area contributed by atoms with Crippen LogP contribution in [0.2, 0.25) is 0 Å². The van der Waals surface area contributed by atoms with Gasteiger partial charge >= 0.3 is 6.03 Å². The van der Waals surface area contributed by atoms with Gasteiger partial charge in [0.25, 0.3) is 0 Å². The average Bonchev–Trinajstić information content (AvgIpc) is 3.00. The second-order valence-electron chi connectivity index (χ2n) is 5.71. The predicted octanol–water partition coefficient (Wildman–Crippen LogP) is 3.60. The van der Waals surface area contributed by atoms with Crippen LogP contribution in [-0.4, -0.2) is 17.7 Å². The second-order valence-corrected chi connectivity index (χ2v) is 5.71. The molecule has 0 saturated carbocycles. The number of para-hydroxylation sites is 2. The average molecular weight is 328 g/mol. The standard InChI is InChI=1S/C18H17FN2O3/c1-18(23,16-10-12-6-2-5-9-15(12)24-16)11-20-17(22)21-14-8-4-3-7-13(14)19/h2-10,23H,11H2,1H3,(H2,20,21,22). The largest absolute Gasteiger partial charge is 0.458 e. The number of hydrogen-bond acceptors (Lipinski definition) is 3. The zero-order valence-corrected chi connectivity index (χ0v) is 13.0. The number of amides is 2. The summed E-state index contributed by atoms with van der Waals surface area (Å²) in [4.78, 5) is 11.9. The molecule has 1 heterocycles. The second kappa shape index (κ2) is 6.33. The van der Waals surface area contributed by atoms with Crippen molar-refractivity contribution in [2.75, 3.05) is 11.9 Å². The van der Waals surface area contributed by atoms with Gasteiger partial charge in [0, 0.05) is 5.39 Å². The summed E-state index contributed by atoms with van der Waals surface area (Å²) in [5.74, 6) is -0.188. The van der Waals surface area contributed by atoms with E-state index in [0.717, 1.165) is 5.39 Å². The lowest BCUT2D eigenvalue weighted by Gasteiger charge is -2.21. The van der Waals surface area contributed by atoms with Gasteiger partial charge < -0.3 is 20.2 Å². The van der Waals surface area contributed by atoms with Gasteiger partial charge in [-0.25, -0.2) is 9.18 Å². The van der Waals surface area contributed by atoms with Crippen molar-refractivity contribution >= 4 is 22.7 Å². The number of halogens is 1. The number of nitrogens with one attached hydrogen (secondary N) is 2. The van der Waals surface area contributed by atoms with E-state index in [1.54, 1.807) is 18.2 Å². The van der Waals surface area contributed by atoms with E-state index in [1.165, 1.54) is 25.1 Å². The van der Waals surface area contributed by atoms with E-state index >= 15 is 0 Å². The third kappa shape index (κ3) is 3.38. The van der Waals surface area contributed by atoms with Gasteiger partial charge in [0.2, 0.25) is 0 Å². The fraction of sp³-hybridized carbons (Fsp3) is 0.167. The lowest BCUT2D eigenvalue weighted by Crippen LogP contribution is -2.40. The number of rotatable bonds is 4. The van der Waals surface area contributed by atoms with Gasteiger partial charge in [-0.1, -0.05) is 30.3 Å². The zero-order chi connectivity index (χ0) is 17.2. The van der Waals surface area contributed by atoms with Crippen molar-refractivity contribution in [3.63, 3.8) is 0 Å². The van der Waals surface area contributed by atoms with Gasteiger partial charge in [-0.3, -0.25) is 0 Å². The summed E-state index contributed by atoms with van der Waals surface area (Å²) in [6.45, 7) is 1.45. The summed E-state index contributed by atoms with van der Waals surface area (Å²) in [5.41, 5.74) is -0.673. The van der Waals surface area contributed by atoms with Crippen molar-refractivity contribution in [1.82, 2.24) is 5.32 Å². The fourth-order valence-corrected chi connectivity index (χ4v) is 2.32. The first-order valence-electron chi connectivity index (χ1n) is 7.46. The lowest BCUT2D eigenvalue weighted by molar-refractivity contribution is 0.0388. The zero-order valence-electron chi connectivity index (χ0n) is 13.0. The van der Waals surface area contributed by atoms with Crippen molar-refractivity contribution in [3.05, 3.63) is 66.2 Å². The monoisotopic (exact) mass is 328 g/mol. The Morgan fingerprint density at radius 1 is 1.21 bits per heavy atom. The van der Waals surface area contributed by atoms with Crippen molar-refractivity contribution in [2.45, 2.75) is 12.5 Å². The van der Waals surface area contributed by atoms with Gasteiger partial charge in [-0.2, -0.15) is 0 Å². The SMILES string of the molecule is CC(O)(CNC(=O)Nc1ccccc1F)c1cc2ccccc2o1. The molecular formula is C18H17FN2O3. The summed E-state index contributed by atoms with van der Waals surface area (Å²) in [5, 5.41) is 16.3. The lowest BCUT2D eigenvalue weighted by atomic mass is 10.0. The Bertz CT molecular complexity index is 840. The molecule has 6 heteroatoms. The van der Waals surface area contributed by atoms with Crippen LogP contribution in [0, 0.1) is 5.82 Å². The highest BCUT2D eigenvalue weighted by molar-refractivity contribution is 5.89. The molecule has 0 aliphatic carbocycles. The molecule has 124 valence electrons. The van der Waals surface area contributed by atoms with Crippen LogP contribution in [0.1, 0.15) is 12.7 Å². The maximum Gasteiger partial charge on any atom is 0.319 e. The van der Waals surface area contributed by atoms with Crippen molar-refractivity contribution < 1.29 is 18.7 Å². The van der Waals surface area contributed by atoms with Gasteiger partial charge in [0.15, 0.2) is 0 Å². The Morgan fingerprint density at radius 2 is 1.92 bits per heavy atom. The number of urea groups is 1. The van der Waals surface area contributed by atoms with E-state index in [2.05, 4.69) is 10.6 Å². The molecule has 3 N–H and O–H groups in total. The molecule has 3 aromatic rings. The number of furan rings is 1. The third-order valence-electron chi connectivity index (χ3n) is 3.67. The normalized spacial score (nSPS) is 13.5. The van der Waals surface area contributed by atoms with Crippen LogP contribution < -0.4 is 10.6 Å². The van der Waals surface area contributed by atoms with E-state index in [1.807, 2.05) is 18.2 Å². The minimum atomic E-state index is -1.40. The molecule has 0 radical (unpaired) electrons. The van der Waals surface area contributed by atoms with Crippen LogP contribution in [0.25, 0.3) is 11.0 Å². The molecule has 1 atom stereocenters. The van der Waals surface area contributed by atoms with Crippen LogP contribution in [-0.2, 0) is 5.60 Å². The van der Waals surface area contributed by atoms with Crippen LogP contribution in [0.15, 0.2) is 59.0 Å². The number of fused-ring (bicyclic) bond motifs is 1. The highest BCUT2D eigenvalue weighted by atomic mass is 19.1. The Labute approximate surface area is 138 Å². The van der Waals surface area contributed by atoms with E-state index < -0.39 is 17.4 Å². The highest BCUT2D eigenvalue weighted by Gasteiger charge is 2.28. The first kappa shape index (κ1) is 16.0. The Kier molecular flexibility index (Phi) is 4.22. The molecule has 0 spiro atoms.